The van der Waals surface area contributed by atoms with Crippen molar-refractivity contribution in [2.24, 2.45) is 5.92 Å². The number of esters is 1. The van der Waals surface area contributed by atoms with Crippen LogP contribution < -0.4 is 10.2 Å². The average molecular weight is 415 g/mol. The van der Waals surface area contributed by atoms with Gasteiger partial charge in [-0.3, -0.25) is 14.4 Å². The molecule has 1 aliphatic rings. The first kappa shape index (κ1) is 20.9. The summed E-state index contributed by atoms with van der Waals surface area (Å²) < 4.78 is 5.15. The summed E-state index contributed by atoms with van der Waals surface area (Å²) in [7, 11) is 0. The van der Waals surface area contributed by atoms with E-state index in [1.807, 2.05) is 32.0 Å². The maximum Gasteiger partial charge on any atom is 0.311 e. The number of anilines is 2. The van der Waals surface area contributed by atoms with E-state index < -0.39 is 24.4 Å². The van der Waals surface area contributed by atoms with E-state index in [0.29, 0.717) is 10.7 Å². The summed E-state index contributed by atoms with van der Waals surface area (Å²) in [6.07, 6.45) is 0.0703. The minimum atomic E-state index is -0.593. The van der Waals surface area contributed by atoms with Crippen molar-refractivity contribution in [3.05, 3.63) is 58.1 Å². The number of hydrogen-bond donors (Lipinski definition) is 1. The Balaban J connectivity index is 1.56. The topological polar surface area (TPSA) is 75.7 Å². The van der Waals surface area contributed by atoms with Crippen molar-refractivity contribution in [1.82, 2.24) is 0 Å². The van der Waals surface area contributed by atoms with Gasteiger partial charge in [0.2, 0.25) is 5.91 Å². The highest BCUT2D eigenvalue weighted by molar-refractivity contribution is 6.31. The number of carbonyl (C=O) groups is 3. The van der Waals surface area contributed by atoms with Gasteiger partial charge in [-0.05, 0) is 61.7 Å². The molecule has 6 nitrogen and oxygen atoms in total. The van der Waals surface area contributed by atoms with E-state index >= 15 is 0 Å². The fourth-order valence-corrected chi connectivity index (χ4v) is 3.58. The molecule has 1 saturated heterocycles. The molecule has 0 aliphatic carbocycles. The number of nitrogens with zero attached hydrogens (tertiary/aromatic N) is 1. The van der Waals surface area contributed by atoms with Gasteiger partial charge < -0.3 is 15.0 Å². The van der Waals surface area contributed by atoms with E-state index in [1.54, 1.807) is 30.0 Å². The standard InChI is InChI=1S/C22H23ClN2O4/c1-13-7-14(2)9-17(8-13)25-11-16(10-21(25)27)22(28)29-12-20(26)24-19-6-4-5-18(23)15(19)3/h4-9,16H,10-12H2,1-3H3,(H,24,26). The Labute approximate surface area is 174 Å². The second-order valence-corrected chi connectivity index (χ2v) is 7.73. The van der Waals surface area contributed by atoms with E-state index in [2.05, 4.69) is 5.32 Å². The molecular formula is C22H23ClN2O4. The molecule has 0 bridgehead atoms. The molecule has 2 aromatic carbocycles. The van der Waals surface area contributed by atoms with Gasteiger partial charge in [0.1, 0.15) is 0 Å². The third-order valence-electron chi connectivity index (χ3n) is 4.86. The number of benzene rings is 2. The van der Waals surface area contributed by atoms with Crippen LogP contribution in [0.1, 0.15) is 23.1 Å². The lowest BCUT2D eigenvalue weighted by molar-refractivity contribution is -0.151. The highest BCUT2D eigenvalue weighted by Crippen LogP contribution is 2.28. The number of amides is 2. The molecule has 1 atom stereocenters. The third-order valence-corrected chi connectivity index (χ3v) is 5.27. The monoisotopic (exact) mass is 414 g/mol. The number of rotatable bonds is 5. The van der Waals surface area contributed by atoms with Crippen molar-refractivity contribution in [1.29, 1.82) is 0 Å². The fourth-order valence-electron chi connectivity index (χ4n) is 3.41. The van der Waals surface area contributed by atoms with Crippen LogP contribution in [0.5, 0.6) is 0 Å². The van der Waals surface area contributed by atoms with E-state index in [-0.39, 0.29) is 18.9 Å². The molecule has 0 saturated carbocycles. The van der Waals surface area contributed by atoms with Crippen molar-refractivity contribution in [2.75, 3.05) is 23.4 Å². The van der Waals surface area contributed by atoms with Gasteiger partial charge in [0, 0.05) is 29.4 Å². The van der Waals surface area contributed by atoms with E-state index in [9.17, 15) is 14.4 Å². The molecule has 0 radical (unpaired) electrons. The number of hydrogen-bond acceptors (Lipinski definition) is 4. The summed E-state index contributed by atoms with van der Waals surface area (Å²) in [5.74, 6) is -1.73. The van der Waals surface area contributed by atoms with Gasteiger partial charge in [0.25, 0.3) is 5.91 Å². The number of halogens is 1. The molecule has 0 aromatic heterocycles. The molecule has 1 aliphatic heterocycles. The zero-order valence-electron chi connectivity index (χ0n) is 16.6. The molecule has 2 amide bonds. The van der Waals surface area contributed by atoms with Gasteiger partial charge in [-0.25, -0.2) is 0 Å². The molecule has 1 heterocycles. The summed E-state index contributed by atoms with van der Waals surface area (Å²) in [4.78, 5) is 38.5. The molecule has 1 N–H and O–H groups in total. The minimum absolute atomic E-state index is 0.0703. The lowest BCUT2D eigenvalue weighted by Gasteiger charge is -2.18. The quantitative estimate of drug-likeness (QED) is 0.755. The molecule has 7 heteroatoms. The first-order valence-corrected chi connectivity index (χ1v) is 9.72. The van der Waals surface area contributed by atoms with Gasteiger partial charge >= 0.3 is 5.97 Å². The van der Waals surface area contributed by atoms with Crippen molar-refractivity contribution in [3.63, 3.8) is 0 Å². The van der Waals surface area contributed by atoms with Crippen molar-refractivity contribution < 1.29 is 19.1 Å². The van der Waals surface area contributed by atoms with Crippen LogP contribution in [0, 0.1) is 26.7 Å². The Morgan fingerprint density at radius 1 is 1.17 bits per heavy atom. The van der Waals surface area contributed by atoms with Crippen LogP contribution in [0.25, 0.3) is 0 Å². The molecule has 152 valence electrons. The lowest BCUT2D eigenvalue weighted by atomic mass is 10.1. The Kier molecular flexibility index (Phi) is 6.23. The zero-order valence-corrected chi connectivity index (χ0v) is 17.4. The summed E-state index contributed by atoms with van der Waals surface area (Å²) >= 11 is 6.03. The smallest absolute Gasteiger partial charge is 0.311 e. The number of ether oxygens (including phenoxy) is 1. The fraction of sp³-hybridized carbons (Fsp3) is 0.318. The van der Waals surface area contributed by atoms with Gasteiger partial charge in [-0.15, -0.1) is 0 Å². The maximum atomic E-state index is 12.4. The van der Waals surface area contributed by atoms with Crippen molar-refractivity contribution in [3.8, 4) is 0 Å². The van der Waals surface area contributed by atoms with Crippen LogP contribution in [0.3, 0.4) is 0 Å². The lowest BCUT2D eigenvalue weighted by Crippen LogP contribution is -2.28. The first-order chi connectivity index (χ1) is 13.7. The van der Waals surface area contributed by atoms with Crippen molar-refractivity contribution >= 4 is 40.8 Å². The average Bonchev–Trinajstić information content (AvgIpc) is 3.04. The van der Waals surface area contributed by atoms with E-state index in [0.717, 1.165) is 22.4 Å². The highest BCUT2D eigenvalue weighted by Gasteiger charge is 2.36. The summed E-state index contributed by atoms with van der Waals surface area (Å²) in [6.45, 7) is 5.54. The Bertz CT molecular complexity index is 953. The minimum Gasteiger partial charge on any atom is -0.455 e. The van der Waals surface area contributed by atoms with Crippen molar-refractivity contribution in [2.45, 2.75) is 27.2 Å². The second kappa shape index (κ2) is 8.66. The second-order valence-electron chi connectivity index (χ2n) is 7.32. The molecule has 0 spiro atoms. The maximum absolute atomic E-state index is 12.4. The van der Waals surface area contributed by atoms with Crippen LogP contribution in [0.4, 0.5) is 11.4 Å². The number of carbonyl (C=O) groups excluding carboxylic acids is 3. The molecular weight excluding hydrogens is 392 g/mol. The van der Waals surface area contributed by atoms with E-state index in [4.69, 9.17) is 16.3 Å². The Hall–Kier alpha value is -2.86. The Morgan fingerprint density at radius 3 is 2.55 bits per heavy atom. The van der Waals surface area contributed by atoms with E-state index in [1.165, 1.54) is 0 Å². The predicted octanol–water partition coefficient (Wildman–Crippen LogP) is 3.80. The zero-order chi connectivity index (χ0) is 21.1. The molecule has 1 unspecified atom stereocenters. The Morgan fingerprint density at radius 2 is 1.86 bits per heavy atom. The number of aryl methyl sites for hydroxylation is 2. The molecule has 1 fully saturated rings. The van der Waals surface area contributed by atoms with Gasteiger partial charge in [0.05, 0.1) is 5.92 Å². The van der Waals surface area contributed by atoms with Crippen LogP contribution in [-0.4, -0.2) is 30.9 Å². The molecule has 29 heavy (non-hydrogen) atoms. The van der Waals surface area contributed by atoms with Crippen LogP contribution in [0.15, 0.2) is 36.4 Å². The number of nitrogens with one attached hydrogen (secondary N) is 1. The van der Waals surface area contributed by atoms with Crippen LogP contribution >= 0.6 is 11.6 Å². The largest absolute Gasteiger partial charge is 0.455 e. The van der Waals surface area contributed by atoms with Gasteiger partial charge in [0.15, 0.2) is 6.61 Å². The van der Waals surface area contributed by atoms with Gasteiger partial charge in [-0.2, -0.15) is 0 Å². The normalized spacial score (nSPS) is 16.1. The molecule has 3 rings (SSSR count). The highest BCUT2D eigenvalue weighted by atomic mass is 35.5. The predicted molar refractivity (Wildman–Crippen MR) is 112 cm³/mol. The van der Waals surface area contributed by atoms with Crippen LogP contribution in [-0.2, 0) is 19.1 Å². The SMILES string of the molecule is Cc1cc(C)cc(N2CC(C(=O)OCC(=O)Nc3cccc(Cl)c3C)CC2=O)c1. The molecule has 2 aromatic rings. The summed E-state index contributed by atoms with van der Waals surface area (Å²) in [5.41, 5.74) is 4.17. The summed E-state index contributed by atoms with van der Waals surface area (Å²) in [5, 5.41) is 3.21. The summed E-state index contributed by atoms with van der Waals surface area (Å²) in [6, 6.07) is 11.0. The van der Waals surface area contributed by atoms with Crippen LogP contribution in [0.2, 0.25) is 5.02 Å². The third kappa shape index (κ3) is 4.95. The van der Waals surface area contributed by atoms with Gasteiger partial charge in [-0.1, -0.05) is 23.7 Å². The first-order valence-electron chi connectivity index (χ1n) is 9.35.